The molecule has 0 radical (unpaired) electrons. The van der Waals surface area contributed by atoms with Crippen molar-refractivity contribution in [3.63, 3.8) is 0 Å². The van der Waals surface area contributed by atoms with E-state index in [1.807, 2.05) is 0 Å². The zero-order chi connectivity index (χ0) is 42.9. The summed E-state index contributed by atoms with van der Waals surface area (Å²) in [6.45, 7) is 0. The van der Waals surface area contributed by atoms with Crippen LogP contribution in [0, 0.1) is 0 Å². The SMILES string of the molecule is c1ccc(-c2ccc(C3(c4ccccc4)c4ccccc4-c4ccc(N(c5ccc6c7ccc8ccccc8c7n(-c7ccccc7)c6c5)c5cccc6ccccc56)cc43)cc2)cc1. The fraction of sp³-hybridized carbons (Fsp3) is 0.0159. The highest BCUT2D eigenvalue weighted by molar-refractivity contribution is 6.19. The van der Waals surface area contributed by atoms with E-state index in [-0.39, 0.29) is 0 Å². The van der Waals surface area contributed by atoms with Gasteiger partial charge in [-0.15, -0.1) is 0 Å². The molecule has 1 aromatic heterocycles. The summed E-state index contributed by atoms with van der Waals surface area (Å²) in [6.07, 6.45) is 0. The first-order chi connectivity index (χ1) is 32.3. The van der Waals surface area contributed by atoms with Gasteiger partial charge >= 0.3 is 0 Å². The van der Waals surface area contributed by atoms with E-state index >= 15 is 0 Å². The Morgan fingerprint density at radius 2 is 0.908 bits per heavy atom. The first kappa shape index (κ1) is 37.1. The van der Waals surface area contributed by atoms with Crippen LogP contribution in [-0.4, -0.2) is 4.57 Å². The van der Waals surface area contributed by atoms with Crippen molar-refractivity contribution >= 4 is 60.4 Å². The molecule has 2 nitrogen and oxygen atoms in total. The van der Waals surface area contributed by atoms with Crippen LogP contribution in [0.5, 0.6) is 0 Å². The second-order valence-electron chi connectivity index (χ2n) is 17.2. The van der Waals surface area contributed by atoms with Gasteiger partial charge in [0.25, 0.3) is 0 Å². The molecule has 1 aliphatic carbocycles. The predicted molar refractivity (Wildman–Crippen MR) is 273 cm³/mol. The van der Waals surface area contributed by atoms with Crippen LogP contribution in [0.4, 0.5) is 17.1 Å². The lowest BCUT2D eigenvalue weighted by Crippen LogP contribution is -2.28. The third-order valence-electron chi connectivity index (χ3n) is 13.8. The molecule has 1 aliphatic rings. The molecule has 0 saturated carbocycles. The van der Waals surface area contributed by atoms with Crippen molar-refractivity contribution in [1.29, 1.82) is 0 Å². The average molecular weight is 827 g/mol. The molecule has 0 amide bonds. The Hall–Kier alpha value is -8.46. The summed E-state index contributed by atoms with van der Waals surface area (Å²) in [4.78, 5) is 2.49. The minimum atomic E-state index is -0.576. The maximum absolute atomic E-state index is 2.49. The van der Waals surface area contributed by atoms with Crippen LogP contribution in [0.3, 0.4) is 0 Å². The molecule has 0 spiro atoms. The van der Waals surface area contributed by atoms with Gasteiger partial charge < -0.3 is 9.47 Å². The number of aromatic nitrogens is 1. The fourth-order valence-electron chi connectivity index (χ4n) is 11.0. The normalized spacial score (nSPS) is 14.2. The number of fused-ring (bicyclic) bond motifs is 9. The van der Waals surface area contributed by atoms with Crippen LogP contribution in [0.15, 0.2) is 255 Å². The van der Waals surface area contributed by atoms with Crippen molar-refractivity contribution in [2.45, 2.75) is 5.41 Å². The molecule has 12 aromatic rings. The Labute approximate surface area is 378 Å². The quantitative estimate of drug-likeness (QED) is 0.155. The summed E-state index contributed by atoms with van der Waals surface area (Å²) in [5.74, 6) is 0. The van der Waals surface area contributed by atoms with E-state index in [0.717, 1.165) is 28.3 Å². The van der Waals surface area contributed by atoms with Crippen LogP contribution < -0.4 is 4.90 Å². The van der Waals surface area contributed by atoms with Gasteiger partial charge in [0.15, 0.2) is 0 Å². The zero-order valence-electron chi connectivity index (χ0n) is 35.6. The van der Waals surface area contributed by atoms with Crippen molar-refractivity contribution in [2.75, 3.05) is 4.90 Å². The molecule has 13 rings (SSSR count). The molecule has 65 heavy (non-hydrogen) atoms. The van der Waals surface area contributed by atoms with Crippen molar-refractivity contribution in [3.8, 4) is 27.9 Å². The van der Waals surface area contributed by atoms with Gasteiger partial charge in [0.1, 0.15) is 0 Å². The van der Waals surface area contributed by atoms with Gasteiger partial charge in [-0.05, 0) is 97.7 Å². The molecule has 0 fully saturated rings. The third kappa shape index (κ3) is 5.67. The summed E-state index contributed by atoms with van der Waals surface area (Å²) in [7, 11) is 0. The molecule has 2 heteroatoms. The molecule has 0 N–H and O–H groups in total. The van der Waals surface area contributed by atoms with Crippen molar-refractivity contribution in [3.05, 3.63) is 277 Å². The first-order valence-electron chi connectivity index (χ1n) is 22.5. The zero-order valence-corrected chi connectivity index (χ0v) is 35.6. The van der Waals surface area contributed by atoms with Gasteiger partial charge in [0, 0.05) is 38.6 Å². The Bertz CT molecular complexity index is 3750. The van der Waals surface area contributed by atoms with E-state index in [9.17, 15) is 0 Å². The average Bonchev–Trinajstić information content (AvgIpc) is 3.88. The largest absolute Gasteiger partial charge is 0.310 e. The lowest BCUT2D eigenvalue weighted by atomic mass is 9.67. The maximum atomic E-state index is 2.49. The lowest BCUT2D eigenvalue weighted by molar-refractivity contribution is 0.768. The van der Waals surface area contributed by atoms with E-state index in [4.69, 9.17) is 0 Å². The lowest BCUT2D eigenvalue weighted by Gasteiger charge is -2.35. The van der Waals surface area contributed by atoms with E-state index in [1.165, 1.54) is 82.3 Å². The Kier molecular flexibility index (Phi) is 8.47. The van der Waals surface area contributed by atoms with Crippen LogP contribution in [0.25, 0.3) is 71.3 Å². The minimum absolute atomic E-state index is 0.576. The van der Waals surface area contributed by atoms with E-state index < -0.39 is 5.41 Å². The molecule has 1 unspecified atom stereocenters. The molecule has 304 valence electrons. The van der Waals surface area contributed by atoms with Crippen molar-refractivity contribution < 1.29 is 0 Å². The topological polar surface area (TPSA) is 8.17 Å². The number of para-hydroxylation sites is 1. The van der Waals surface area contributed by atoms with Crippen LogP contribution in [0.2, 0.25) is 0 Å². The van der Waals surface area contributed by atoms with Crippen LogP contribution in [-0.2, 0) is 5.41 Å². The standard InChI is InChI=1S/C63H42N2/c1-4-17-43(18-5-1)44-31-34-48(35-32-44)63(47-22-6-2-7-23-47)58-29-15-14-28-54(58)55-39-36-50(41-59(55)63)64(60-30-16-21-45-19-10-12-26-52(45)60)51-37-40-56-57-38-33-46-20-11-13-27-53(46)62(57)65(61(56)42-51)49-24-8-3-9-25-49/h1-42H. The predicted octanol–water partition coefficient (Wildman–Crippen LogP) is 16.6. The number of benzene rings is 11. The number of rotatable bonds is 7. The smallest absolute Gasteiger partial charge is 0.0714 e. The molecule has 1 atom stereocenters. The molecule has 0 bridgehead atoms. The maximum Gasteiger partial charge on any atom is 0.0714 e. The van der Waals surface area contributed by atoms with Gasteiger partial charge in [-0.25, -0.2) is 0 Å². The molecule has 0 aliphatic heterocycles. The monoisotopic (exact) mass is 826 g/mol. The Morgan fingerprint density at radius 1 is 0.338 bits per heavy atom. The van der Waals surface area contributed by atoms with Crippen molar-refractivity contribution in [1.82, 2.24) is 4.57 Å². The van der Waals surface area contributed by atoms with Gasteiger partial charge in [0.05, 0.1) is 22.1 Å². The number of nitrogens with zero attached hydrogens (tertiary/aromatic N) is 2. The third-order valence-corrected chi connectivity index (χ3v) is 13.8. The number of hydrogen-bond acceptors (Lipinski definition) is 1. The molecule has 0 saturated heterocycles. The summed E-state index contributed by atoms with van der Waals surface area (Å²) in [5.41, 5.74) is 16.2. The van der Waals surface area contributed by atoms with Crippen molar-refractivity contribution in [2.24, 2.45) is 0 Å². The number of anilines is 3. The van der Waals surface area contributed by atoms with E-state index in [2.05, 4.69) is 264 Å². The first-order valence-corrected chi connectivity index (χ1v) is 22.5. The molecule has 1 heterocycles. The summed E-state index contributed by atoms with van der Waals surface area (Å²) >= 11 is 0. The van der Waals surface area contributed by atoms with E-state index in [0.29, 0.717) is 0 Å². The van der Waals surface area contributed by atoms with Crippen LogP contribution in [0.1, 0.15) is 22.3 Å². The number of hydrogen-bond donors (Lipinski definition) is 0. The highest BCUT2D eigenvalue weighted by Crippen LogP contribution is 2.57. The molecular formula is C63H42N2. The van der Waals surface area contributed by atoms with Gasteiger partial charge in [0.2, 0.25) is 0 Å². The highest BCUT2D eigenvalue weighted by Gasteiger charge is 2.46. The van der Waals surface area contributed by atoms with Gasteiger partial charge in [-0.1, -0.05) is 212 Å². The molecular weight excluding hydrogens is 785 g/mol. The summed E-state index contributed by atoms with van der Waals surface area (Å²) in [6, 6.07) is 94.0. The van der Waals surface area contributed by atoms with Gasteiger partial charge in [-0.3, -0.25) is 0 Å². The highest BCUT2D eigenvalue weighted by atomic mass is 15.1. The Balaban J connectivity index is 1.09. The summed E-state index contributed by atoms with van der Waals surface area (Å²) < 4.78 is 2.47. The van der Waals surface area contributed by atoms with Gasteiger partial charge in [-0.2, -0.15) is 0 Å². The van der Waals surface area contributed by atoms with E-state index in [1.54, 1.807) is 0 Å². The van der Waals surface area contributed by atoms with Crippen LogP contribution >= 0.6 is 0 Å². The second kappa shape index (κ2) is 14.8. The molecule has 11 aromatic carbocycles. The minimum Gasteiger partial charge on any atom is -0.310 e. The Morgan fingerprint density at radius 3 is 1.71 bits per heavy atom. The second-order valence-corrected chi connectivity index (χ2v) is 17.2. The fourth-order valence-corrected chi connectivity index (χ4v) is 11.0. The summed E-state index contributed by atoms with van der Waals surface area (Å²) in [5, 5.41) is 7.33.